The quantitative estimate of drug-likeness (QED) is 0.501. The molecule has 0 bridgehead atoms. The Morgan fingerprint density at radius 3 is 2.31 bits per heavy atom. The number of amides is 1. The minimum absolute atomic E-state index is 0.00271. The maximum Gasteiger partial charge on any atom is 0.261 e. The topological polar surface area (TPSA) is 55.2 Å². The zero-order valence-electron chi connectivity index (χ0n) is 18.5. The van der Waals surface area contributed by atoms with E-state index < -0.39 is 0 Å². The third kappa shape index (κ3) is 6.14. The fraction of sp³-hybridized carbons (Fsp3) is 0.346. The first-order valence-electron chi connectivity index (χ1n) is 11.1. The minimum atomic E-state index is -0.0274. The fourth-order valence-electron chi connectivity index (χ4n) is 3.90. The number of furan rings is 1. The first kappa shape index (κ1) is 22.0. The number of carbonyl (C=O) groups is 1. The summed E-state index contributed by atoms with van der Waals surface area (Å²) in [5.41, 5.74) is 1.11. The molecule has 0 radical (unpaired) electrons. The number of likely N-dealkylation sites (tertiary alicyclic amines) is 1. The summed E-state index contributed by atoms with van der Waals surface area (Å²) in [6.07, 6.45) is 3.55. The van der Waals surface area contributed by atoms with E-state index in [1.165, 1.54) is 0 Å². The number of rotatable bonds is 9. The molecule has 0 spiro atoms. The van der Waals surface area contributed by atoms with Crippen LogP contribution in [0.15, 0.2) is 77.4 Å². The van der Waals surface area contributed by atoms with Gasteiger partial charge in [-0.05, 0) is 74.9 Å². The van der Waals surface area contributed by atoms with Gasteiger partial charge in [-0.3, -0.25) is 4.79 Å². The fourth-order valence-corrected chi connectivity index (χ4v) is 3.90. The molecule has 0 unspecified atom stereocenters. The molecule has 168 valence electrons. The minimum Gasteiger partial charge on any atom is -0.489 e. The lowest BCUT2D eigenvalue weighted by Gasteiger charge is -2.37. The lowest BCUT2D eigenvalue weighted by atomic mass is 10.0. The Hall–Kier alpha value is -3.25. The van der Waals surface area contributed by atoms with Gasteiger partial charge in [0.1, 0.15) is 23.9 Å². The zero-order chi connectivity index (χ0) is 22.2. The first-order valence-corrected chi connectivity index (χ1v) is 11.1. The van der Waals surface area contributed by atoms with Crippen LogP contribution >= 0.6 is 0 Å². The van der Waals surface area contributed by atoms with E-state index in [1.54, 1.807) is 6.26 Å². The van der Waals surface area contributed by atoms with Gasteiger partial charge in [0.2, 0.25) is 0 Å². The molecule has 1 aliphatic heterocycles. The maximum absolute atomic E-state index is 13.1. The summed E-state index contributed by atoms with van der Waals surface area (Å²) < 4.78 is 17.1. The monoisotopic (exact) mass is 434 g/mol. The van der Waals surface area contributed by atoms with Crippen molar-refractivity contribution < 1.29 is 18.7 Å². The van der Waals surface area contributed by atoms with E-state index in [1.807, 2.05) is 71.6 Å². The highest BCUT2D eigenvalue weighted by molar-refractivity contribution is 5.78. The average Bonchev–Trinajstić information content (AvgIpc) is 3.35. The van der Waals surface area contributed by atoms with Gasteiger partial charge < -0.3 is 23.7 Å². The Labute approximate surface area is 189 Å². The molecule has 6 heteroatoms. The average molecular weight is 435 g/mol. The summed E-state index contributed by atoms with van der Waals surface area (Å²) in [5, 5.41) is 0. The molecule has 1 aliphatic rings. The van der Waals surface area contributed by atoms with Gasteiger partial charge in [-0.2, -0.15) is 0 Å². The predicted octanol–water partition coefficient (Wildman–Crippen LogP) is 4.36. The van der Waals surface area contributed by atoms with Gasteiger partial charge in [0.05, 0.1) is 12.8 Å². The molecule has 6 nitrogen and oxygen atoms in total. The van der Waals surface area contributed by atoms with Crippen LogP contribution in [0.25, 0.3) is 0 Å². The van der Waals surface area contributed by atoms with Crippen LogP contribution in [0.1, 0.15) is 24.2 Å². The maximum atomic E-state index is 13.1. The van der Waals surface area contributed by atoms with E-state index in [4.69, 9.17) is 13.9 Å². The molecule has 0 aliphatic carbocycles. The van der Waals surface area contributed by atoms with Gasteiger partial charge in [-0.15, -0.1) is 0 Å². The summed E-state index contributed by atoms with van der Waals surface area (Å²) in [6.45, 7) is 2.95. The van der Waals surface area contributed by atoms with Crippen LogP contribution < -0.4 is 9.47 Å². The van der Waals surface area contributed by atoms with E-state index >= 15 is 0 Å². The van der Waals surface area contributed by atoms with Gasteiger partial charge in [-0.25, -0.2) is 0 Å². The summed E-state index contributed by atoms with van der Waals surface area (Å²) in [7, 11) is 2.12. The van der Waals surface area contributed by atoms with Gasteiger partial charge >= 0.3 is 0 Å². The van der Waals surface area contributed by atoms with E-state index in [0.717, 1.165) is 43.0 Å². The normalized spacial score (nSPS) is 14.8. The van der Waals surface area contributed by atoms with Gasteiger partial charge in [0.15, 0.2) is 6.61 Å². The van der Waals surface area contributed by atoms with Crippen molar-refractivity contribution in [3.8, 4) is 11.5 Å². The molecule has 3 aromatic rings. The van der Waals surface area contributed by atoms with Crippen molar-refractivity contribution >= 4 is 5.91 Å². The molecule has 4 rings (SSSR count). The Morgan fingerprint density at radius 1 is 0.969 bits per heavy atom. The zero-order valence-corrected chi connectivity index (χ0v) is 18.5. The highest BCUT2D eigenvalue weighted by atomic mass is 16.5. The number of hydrogen-bond donors (Lipinski definition) is 0. The van der Waals surface area contributed by atoms with Crippen LogP contribution in [0.4, 0.5) is 0 Å². The van der Waals surface area contributed by atoms with Crippen molar-refractivity contribution in [2.75, 3.05) is 26.7 Å². The molecule has 32 heavy (non-hydrogen) atoms. The Morgan fingerprint density at radius 2 is 1.66 bits per heavy atom. The van der Waals surface area contributed by atoms with Crippen LogP contribution in [-0.4, -0.2) is 48.5 Å². The summed E-state index contributed by atoms with van der Waals surface area (Å²) in [5.74, 6) is 2.17. The Balaban J connectivity index is 1.31. The van der Waals surface area contributed by atoms with Gasteiger partial charge in [0.25, 0.3) is 5.91 Å². The van der Waals surface area contributed by atoms with Crippen LogP contribution in [-0.2, 0) is 17.9 Å². The lowest BCUT2D eigenvalue weighted by Crippen LogP contribution is -2.47. The number of piperidine rings is 1. The largest absolute Gasteiger partial charge is 0.489 e. The van der Waals surface area contributed by atoms with Crippen molar-refractivity contribution in [2.24, 2.45) is 0 Å². The van der Waals surface area contributed by atoms with E-state index in [9.17, 15) is 4.79 Å². The van der Waals surface area contributed by atoms with Gasteiger partial charge in [0, 0.05) is 6.04 Å². The number of benzene rings is 2. The van der Waals surface area contributed by atoms with Gasteiger partial charge in [-0.1, -0.05) is 30.3 Å². The van der Waals surface area contributed by atoms with Crippen molar-refractivity contribution in [1.29, 1.82) is 0 Å². The van der Waals surface area contributed by atoms with Crippen molar-refractivity contribution in [3.05, 3.63) is 84.3 Å². The molecular formula is C26H30N2O4. The third-order valence-electron chi connectivity index (χ3n) is 5.79. The highest BCUT2D eigenvalue weighted by Crippen LogP contribution is 2.21. The molecule has 0 saturated carbocycles. The second-order valence-electron chi connectivity index (χ2n) is 8.17. The first-order chi connectivity index (χ1) is 15.7. The molecule has 1 saturated heterocycles. The highest BCUT2D eigenvalue weighted by Gasteiger charge is 2.28. The van der Waals surface area contributed by atoms with E-state index in [-0.39, 0.29) is 18.6 Å². The molecule has 1 aromatic heterocycles. The van der Waals surface area contributed by atoms with Crippen molar-refractivity contribution in [1.82, 2.24) is 9.80 Å². The number of nitrogens with zero attached hydrogens (tertiary/aromatic N) is 2. The Bertz CT molecular complexity index is 949. The summed E-state index contributed by atoms with van der Waals surface area (Å²) >= 11 is 0. The van der Waals surface area contributed by atoms with Crippen LogP contribution in [0.3, 0.4) is 0 Å². The van der Waals surface area contributed by atoms with Crippen molar-refractivity contribution in [3.63, 3.8) is 0 Å². The molecule has 2 aromatic carbocycles. The van der Waals surface area contributed by atoms with Crippen LogP contribution in [0, 0.1) is 0 Å². The number of carbonyl (C=O) groups excluding carboxylic acids is 1. The Kier molecular flexibility index (Phi) is 7.46. The number of ether oxygens (including phenoxy) is 2. The molecule has 2 heterocycles. The molecule has 0 atom stereocenters. The predicted molar refractivity (Wildman–Crippen MR) is 122 cm³/mol. The van der Waals surface area contributed by atoms with Crippen LogP contribution in [0.2, 0.25) is 0 Å². The summed E-state index contributed by atoms with van der Waals surface area (Å²) in [6, 6.07) is 21.4. The van der Waals surface area contributed by atoms with Crippen LogP contribution in [0.5, 0.6) is 11.5 Å². The molecule has 0 N–H and O–H groups in total. The molecule has 1 fully saturated rings. The van der Waals surface area contributed by atoms with E-state index in [0.29, 0.717) is 18.9 Å². The summed E-state index contributed by atoms with van der Waals surface area (Å²) in [4.78, 5) is 17.3. The van der Waals surface area contributed by atoms with E-state index in [2.05, 4.69) is 11.9 Å². The number of hydrogen-bond acceptors (Lipinski definition) is 5. The third-order valence-corrected chi connectivity index (χ3v) is 5.79. The smallest absolute Gasteiger partial charge is 0.261 e. The second kappa shape index (κ2) is 10.9. The SMILES string of the molecule is CN1CCC(N(Cc2ccco2)C(=O)COc2ccc(OCc3ccccc3)cc2)CC1. The second-order valence-corrected chi connectivity index (χ2v) is 8.17. The molecular weight excluding hydrogens is 404 g/mol. The standard InChI is InChI=1S/C26H30N2O4/c1-27-15-13-22(14-16-27)28(18-25-8-5-17-30-25)26(29)20-32-24-11-9-23(10-12-24)31-19-21-6-3-2-4-7-21/h2-12,17,22H,13-16,18-20H2,1H3. The molecule has 1 amide bonds. The lowest BCUT2D eigenvalue weighted by molar-refractivity contribution is -0.137. The van der Waals surface area contributed by atoms with Crippen molar-refractivity contribution in [2.45, 2.75) is 32.0 Å².